The first-order valence-corrected chi connectivity index (χ1v) is 11.2. The Morgan fingerprint density at radius 3 is 2.41 bits per heavy atom. The van der Waals surface area contributed by atoms with E-state index in [9.17, 15) is 14.4 Å². The number of fused-ring (bicyclic) bond motifs is 5. The Morgan fingerprint density at radius 1 is 1.00 bits per heavy atom. The average Bonchev–Trinajstić information content (AvgIpc) is 3.21. The van der Waals surface area contributed by atoms with Gasteiger partial charge in [0.25, 0.3) is 0 Å². The molecule has 3 heterocycles. The molecule has 4 atom stereocenters. The molecule has 2 saturated heterocycles. The number of amides is 2. The van der Waals surface area contributed by atoms with Crippen LogP contribution in [0.5, 0.6) is 0 Å². The van der Waals surface area contributed by atoms with Gasteiger partial charge in [-0.05, 0) is 41.8 Å². The zero-order valence-corrected chi connectivity index (χ0v) is 19.3. The van der Waals surface area contributed by atoms with Crippen LogP contribution in [-0.4, -0.2) is 28.5 Å². The number of ketones is 1. The Balaban J connectivity index is 1.69. The van der Waals surface area contributed by atoms with Crippen molar-refractivity contribution in [2.75, 3.05) is 4.90 Å². The van der Waals surface area contributed by atoms with Crippen molar-refractivity contribution in [2.45, 2.75) is 39.8 Å². The molecular weight excluding hydrogens is 424 g/mol. The number of rotatable bonds is 2. The van der Waals surface area contributed by atoms with Gasteiger partial charge in [-0.1, -0.05) is 62.7 Å². The third-order valence-electron chi connectivity index (χ3n) is 6.88. The molecule has 0 radical (unpaired) electrons. The lowest BCUT2D eigenvalue weighted by Crippen LogP contribution is -2.47. The smallest absolute Gasteiger partial charge is 0.240 e. The van der Waals surface area contributed by atoms with Crippen molar-refractivity contribution in [1.29, 1.82) is 0 Å². The zero-order chi connectivity index (χ0) is 22.9. The molecule has 0 saturated carbocycles. The minimum absolute atomic E-state index is 0.0372. The maximum Gasteiger partial charge on any atom is 0.240 e. The summed E-state index contributed by atoms with van der Waals surface area (Å²) in [5.41, 5.74) is 2.61. The number of nitrogens with zero attached hydrogens (tertiary/aromatic N) is 2. The fourth-order valence-corrected chi connectivity index (χ4v) is 5.53. The zero-order valence-electron chi connectivity index (χ0n) is 18.5. The van der Waals surface area contributed by atoms with E-state index >= 15 is 0 Å². The van der Waals surface area contributed by atoms with Gasteiger partial charge in [-0.2, -0.15) is 0 Å². The van der Waals surface area contributed by atoms with Gasteiger partial charge in [-0.25, -0.2) is 4.90 Å². The molecule has 0 N–H and O–H groups in total. The molecule has 0 spiro atoms. The first kappa shape index (κ1) is 21.0. The SMILES string of the molecule is Cc1ccc(Cl)cc1N1C(=O)[C@@H]2[C@H](C1=O)[C@@H]1c3ccccc3C=CN1[C@@H]2C(=O)C(C)(C)C. The van der Waals surface area contributed by atoms with Gasteiger partial charge >= 0.3 is 0 Å². The summed E-state index contributed by atoms with van der Waals surface area (Å²) in [6.45, 7) is 7.43. The summed E-state index contributed by atoms with van der Waals surface area (Å²) in [6.07, 6.45) is 3.85. The Hall–Kier alpha value is -2.92. The Labute approximate surface area is 192 Å². The van der Waals surface area contributed by atoms with Crippen LogP contribution in [0.3, 0.4) is 0 Å². The minimum Gasteiger partial charge on any atom is -0.359 e. The van der Waals surface area contributed by atoms with Crippen LogP contribution in [0, 0.1) is 24.2 Å². The number of benzene rings is 2. The van der Waals surface area contributed by atoms with E-state index in [0.717, 1.165) is 16.7 Å². The molecule has 2 aromatic carbocycles. The van der Waals surface area contributed by atoms with Gasteiger partial charge in [-0.3, -0.25) is 14.4 Å². The molecule has 0 bridgehead atoms. The van der Waals surface area contributed by atoms with Gasteiger partial charge in [-0.15, -0.1) is 0 Å². The van der Waals surface area contributed by atoms with Crippen molar-refractivity contribution in [3.05, 3.63) is 70.4 Å². The second-order valence-electron chi connectivity index (χ2n) is 9.89. The van der Waals surface area contributed by atoms with Crippen LogP contribution in [0.15, 0.2) is 48.7 Å². The van der Waals surface area contributed by atoms with Crippen LogP contribution >= 0.6 is 11.6 Å². The van der Waals surface area contributed by atoms with Crippen LogP contribution in [0.2, 0.25) is 5.02 Å². The molecule has 3 aliphatic heterocycles. The summed E-state index contributed by atoms with van der Waals surface area (Å²) in [5.74, 6) is -2.01. The first-order chi connectivity index (χ1) is 15.1. The Morgan fingerprint density at radius 2 is 1.69 bits per heavy atom. The van der Waals surface area contributed by atoms with E-state index in [-0.39, 0.29) is 23.6 Å². The van der Waals surface area contributed by atoms with Gasteiger partial charge in [0.2, 0.25) is 11.8 Å². The fourth-order valence-electron chi connectivity index (χ4n) is 5.36. The van der Waals surface area contributed by atoms with E-state index in [1.807, 2.05) is 69.1 Å². The number of halogens is 1. The van der Waals surface area contributed by atoms with E-state index < -0.39 is 23.3 Å². The molecule has 0 aliphatic carbocycles. The second-order valence-corrected chi connectivity index (χ2v) is 10.3. The van der Waals surface area contributed by atoms with Crippen LogP contribution in [0.1, 0.15) is 43.5 Å². The molecule has 32 heavy (non-hydrogen) atoms. The number of carbonyl (C=O) groups is 3. The van der Waals surface area contributed by atoms with Crippen LogP contribution in [0.4, 0.5) is 5.69 Å². The van der Waals surface area contributed by atoms with Crippen molar-refractivity contribution in [3.63, 3.8) is 0 Å². The van der Waals surface area contributed by atoms with Crippen molar-refractivity contribution < 1.29 is 14.4 Å². The molecule has 6 heteroatoms. The lowest BCUT2D eigenvalue weighted by molar-refractivity contribution is -0.135. The van der Waals surface area contributed by atoms with Gasteiger partial charge in [0.05, 0.1) is 23.6 Å². The monoisotopic (exact) mass is 448 g/mol. The summed E-state index contributed by atoms with van der Waals surface area (Å²) in [7, 11) is 0. The largest absolute Gasteiger partial charge is 0.359 e. The van der Waals surface area contributed by atoms with Crippen molar-refractivity contribution in [1.82, 2.24) is 4.90 Å². The maximum atomic E-state index is 13.8. The highest BCUT2D eigenvalue weighted by molar-refractivity contribution is 6.31. The quantitative estimate of drug-likeness (QED) is 0.620. The summed E-state index contributed by atoms with van der Waals surface area (Å²) in [4.78, 5) is 44.5. The standard InChI is InChI=1S/C26H25ClN2O3/c1-14-9-10-16(27)13-18(14)29-24(31)19-20(25(29)32)22(23(30)26(2,3)4)28-12-11-15-7-5-6-8-17(15)21(19)28/h5-13,19-22H,1-4H3/t19-,20+,21-,22-/m0/s1. The summed E-state index contributed by atoms with van der Waals surface area (Å²) < 4.78 is 0. The summed E-state index contributed by atoms with van der Waals surface area (Å²) in [6, 6.07) is 12.0. The molecule has 5 nitrogen and oxygen atoms in total. The minimum atomic E-state index is -0.742. The van der Waals surface area contributed by atoms with Gasteiger partial charge in [0.15, 0.2) is 5.78 Å². The Kier molecular flexibility index (Phi) is 4.61. The molecule has 0 aromatic heterocycles. The summed E-state index contributed by atoms with van der Waals surface area (Å²) in [5, 5.41) is 0.457. The molecule has 5 rings (SSSR count). The van der Waals surface area contributed by atoms with E-state index in [1.54, 1.807) is 18.2 Å². The average molecular weight is 449 g/mol. The lowest BCUT2D eigenvalue weighted by Gasteiger charge is -2.37. The lowest BCUT2D eigenvalue weighted by atomic mass is 9.79. The number of hydrogen-bond donors (Lipinski definition) is 0. The van der Waals surface area contributed by atoms with Crippen molar-refractivity contribution in [2.24, 2.45) is 17.3 Å². The number of imide groups is 1. The maximum absolute atomic E-state index is 13.8. The Bertz CT molecular complexity index is 1200. The number of aryl methyl sites for hydroxylation is 1. The molecule has 2 fully saturated rings. The molecule has 2 amide bonds. The van der Waals surface area contributed by atoms with Gasteiger partial charge < -0.3 is 4.90 Å². The second kappa shape index (κ2) is 7.04. The molecule has 0 unspecified atom stereocenters. The number of Topliss-reactive ketones (excluding diaryl/α,β-unsaturated/α-hetero) is 1. The highest BCUT2D eigenvalue weighted by Crippen LogP contribution is 2.54. The normalized spacial score (nSPS) is 26.3. The van der Waals surface area contributed by atoms with Crippen LogP contribution in [0.25, 0.3) is 6.08 Å². The molecular formula is C26H25ClN2O3. The topological polar surface area (TPSA) is 57.7 Å². The van der Waals surface area contributed by atoms with E-state index in [4.69, 9.17) is 11.6 Å². The third-order valence-corrected chi connectivity index (χ3v) is 7.12. The predicted octanol–water partition coefficient (Wildman–Crippen LogP) is 4.78. The van der Waals surface area contributed by atoms with Gasteiger partial charge in [0, 0.05) is 16.6 Å². The molecule has 2 aromatic rings. The third kappa shape index (κ3) is 2.87. The van der Waals surface area contributed by atoms with Gasteiger partial charge in [0.1, 0.15) is 6.04 Å². The van der Waals surface area contributed by atoms with E-state index in [2.05, 4.69) is 0 Å². The van der Waals surface area contributed by atoms with Crippen LogP contribution < -0.4 is 4.90 Å². The predicted molar refractivity (Wildman–Crippen MR) is 124 cm³/mol. The number of anilines is 1. The summed E-state index contributed by atoms with van der Waals surface area (Å²) >= 11 is 6.21. The van der Waals surface area contributed by atoms with Crippen LogP contribution in [-0.2, 0) is 14.4 Å². The van der Waals surface area contributed by atoms with E-state index in [1.165, 1.54) is 4.90 Å². The highest BCUT2D eigenvalue weighted by atomic mass is 35.5. The molecule has 3 aliphatic rings. The highest BCUT2D eigenvalue weighted by Gasteiger charge is 2.65. The fraction of sp³-hybridized carbons (Fsp3) is 0.346. The van der Waals surface area contributed by atoms with Crippen molar-refractivity contribution >= 4 is 41.0 Å². The molecule has 164 valence electrons. The van der Waals surface area contributed by atoms with Crippen molar-refractivity contribution in [3.8, 4) is 0 Å². The number of carbonyl (C=O) groups excluding carboxylic acids is 3. The number of hydrogen-bond acceptors (Lipinski definition) is 4. The van der Waals surface area contributed by atoms with E-state index in [0.29, 0.717) is 10.7 Å². The first-order valence-electron chi connectivity index (χ1n) is 10.8.